The highest BCUT2D eigenvalue weighted by molar-refractivity contribution is 6.01. The van der Waals surface area contributed by atoms with Gasteiger partial charge >= 0.3 is 0 Å². The Morgan fingerprint density at radius 1 is 0.932 bits per heavy atom. The molecule has 14 heteroatoms. The second-order valence-electron chi connectivity index (χ2n) is 16.8. The molecule has 2 aliphatic rings. The third-order valence-corrected chi connectivity index (χ3v) is 11.5. The van der Waals surface area contributed by atoms with Crippen molar-refractivity contribution in [3.8, 4) is 22.4 Å². The van der Waals surface area contributed by atoms with Crippen LogP contribution in [-0.4, -0.2) is 85.7 Å². The number of carbonyl (C=O) groups is 3. The number of aromatic nitrogens is 6. The van der Waals surface area contributed by atoms with Crippen LogP contribution in [0.3, 0.4) is 0 Å². The predicted molar refractivity (Wildman–Crippen MR) is 225 cm³/mol. The lowest BCUT2D eigenvalue weighted by molar-refractivity contribution is -0.134. The van der Waals surface area contributed by atoms with E-state index in [0.29, 0.717) is 24.4 Å². The van der Waals surface area contributed by atoms with Gasteiger partial charge in [0.2, 0.25) is 17.7 Å². The number of benzene rings is 2. The number of piperidine rings is 1. The van der Waals surface area contributed by atoms with Gasteiger partial charge in [0.05, 0.1) is 17.7 Å². The minimum atomic E-state index is -0.386. The Morgan fingerprint density at radius 2 is 1.69 bits per heavy atom. The Kier molecular flexibility index (Phi) is 10.8. The van der Waals surface area contributed by atoms with Crippen LogP contribution in [-0.2, 0) is 21.4 Å². The van der Waals surface area contributed by atoms with Gasteiger partial charge in [-0.15, -0.1) is 0 Å². The Balaban J connectivity index is 0.870. The zero-order chi connectivity index (χ0) is 41.4. The Labute approximate surface area is 343 Å². The quantitative estimate of drug-likeness (QED) is 0.132. The largest absolute Gasteiger partial charge is 0.369 e. The third kappa shape index (κ3) is 8.49. The number of hydrogen-bond acceptors (Lipinski definition) is 11. The lowest BCUT2D eigenvalue weighted by Crippen LogP contribution is -2.47. The van der Waals surface area contributed by atoms with Crippen molar-refractivity contribution < 1.29 is 18.9 Å². The molecule has 0 aliphatic carbocycles. The lowest BCUT2D eigenvalue weighted by atomic mass is 9.88. The highest BCUT2D eigenvalue weighted by atomic mass is 16.5. The number of aromatic amines is 1. The van der Waals surface area contributed by atoms with Crippen LogP contribution >= 0.6 is 0 Å². The van der Waals surface area contributed by atoms with E-state index in [0.717, 1.165) is 94.9 Å². The summed E-state index contributed by atoms with van der Waals surface area (Å²) in [5, 5.41) is 18.0. The molecule has 6 heterocycles. The molecule has 59 heavy (non-hydrogen) atoms. The van der Waals surface area contributed by atoms with E-state index in [2.05, 4.69) is 93.2 Å². The summed E-state index contributed by atoms with van der Waals surface area (Å²) in [5.41, 5.74) is 10.4. The van der Waals surface area contributed by atoms with Gasteiger partial charge in [-0.2, -0.15) is 10.1 Å². The number of aryl methyl sites for hydroxylation is 2. The van der Waals surface area contributed by atoms with Gasteiger partial charge in [-0.25, -0.2) is 4.98 Å². The van der Waals surface area contributed by atoms with Gasteiger partial charge < -0.3 is 14.7 Å². The van der Waals surface area contributed by atoms with E-state index in [-0.39, 0.29) is 40.9 Å². The third-order valence-electron chi connectivity index (χ3n) is 11.5. The molecule has 0 bridgehead atoms. The van der Waals surface area contributed by atoms with E-state index in [9.17, 15) is 14.4 Å². The minimum absolute atomic E-state index is 0.0200. The van der Waals surface area contributed by atoms with Gasteiger partial charge in [-0.3, -0.25) is 34.7 Å². The summed E-state index contributed by atoms with van der Waals surface area (Å²) < 4.78 is 5.31. The first-order valence-electron chi connectivity index (χ1n) is 20.3. The summed E-state index contributed by atoms with van der Waals surface area (Å²) in [6.45, 7) is 16.6. The highest BCUT2D eigenvalue weighted by Crippen LogP contribution is 2.33. The number of rotatable bonds is 10. The first-order valence-corrected chi connectivity index (χ1v) is 20.3. The number of imide groups is 1. The molecule has 6 aromatic rings. The molecule has 4 aromatic heterocycles. The van der Waals surface area contributed by atoms with Crippen molar-refractivity contribution in [3.05, 3.63) is 107 Å². The zero-order valence-corrected chi connectivity index (χ0v) is 34.4. The Hall–Kier alpha value is -6.28. The molecule has 2 atom stereocenters. The standard InChI is InChI=1S/C45H50N10O4/c1-26-21-30(9-12-34(26)28(3)48-43(58)41-50-44(59-53-41)45(4,5)6)39-36-23-31(24-47-40(36)52-51-39)29-7-10-33(11-8-29)55-19-17-54(18-20-55)16-15-32-22-27(2)37(25-46-32)35-13-14-38(56)49-42(35)57/h7-12,21-25,28,35H,13-20H2,1-6H3,(H,48,58)(H,47,51,52)(H,49,56,57). The molecule has 0 spiro atoms. The molecule has 2 saturated heterocycles. The van der Waals surface area contributed by atoms with E-state index >= 15 is 0 Å². The number of nitrogens with zero attached hydrogens (tertiary/aromatic N) is 7. The number of hydrogen-bond donors (Lipinski definition) is 3. The summed E-state index contributed by atoms with van der Waals surface area (Å²) in [4.78, 5) is 55.5. The number of piperazine rings is 1. The molecule has 8 rings (SSSR count). The van der Waals surface area contributed by atoms with Gasteiger partial charge in [0.25, 0.3) is 11.7 Å². The normalized spacial score (nSPS) is 17.0. The maximum absolute atomic E-state index is 12.9. The van der Waals surface area contributed by atoms with Crippen molar-refractivity contribution in [3.63, 3.8) is 0 Å². The molecular formula is C45H50N10O4. The molecular weight excluding hydrogens is 745 g/mol. The molecule has 0 radical (unpaired) electrons. The fourth-order valence-electron chi connectivity index (χ4n) is 8.04. The second kappa shape index (κ2) is 16.2. The van der Waals surface area contributed by atoms with E-state index < -0.39 is 0 Å². The topological polar surface area (TPSA) is 175 Å². The van der Waals surface area contributed by atoms with E-state index in [4.69, 9.17) is 4.52 Å². The first-order chi connectivity index (χ1) is 28.3. The van der Waals surface area contributed by atoms with Crippen molar-refractivity contribution in [1.82, 2.24) is 45.8 Å². The van der Waals surface area contributed by atoms with Gasteiger partial charge in [0, 0.05) is 91.3 Å². The van der Waals surface area contributed by atoms with E-state index in [1.54, 1.807) is 0 Å². The van der Waals surface area contributed by atoms with Crippen LogP contribution in [0.2, 0.25) is 0 Å². The minimum Gasteiger partial charge on any atom is -0.369 e. The lowest BCUT2D eigenvalue weighted by Gasteiger charge is -2.36. The average Bonchev–Trinajstić information content (AvgIpc) is 3.90. The number of nitrogens with one attached hydrogen (secondary N) is 3. The number of anilines is 1. The van der Waals surface area contributed by atoms with Gasteiger partial charge in [-0.1, -0.05) is 50.2 Å². The number of amides is 3. The van der Waals surface area contributed by atoms with Gasteiger partial charge in [0.1, 0.15) is 0 Å². The fourth-order valence-corrected chi connectivity index (χ4v) is 8.04. The number of carbonyl (C=O) groups excluding carboxylic acids is 3. The van der Waals surface area contributed by atoms with Crippen molar-refractivity contribution in [2.24, 2.45) is 0 Å². The van der Waals surface area contributed by atoms with Crippen molar-refractivity contribution in [2.45, 2.75) is 78.2 Å². The zero-order valence-electron chi connectivity index (χ0n) is 34.4. The second-order valence-corrected chi connectivity index (χ2v) is 16.8. The number of pyridine rings is 2. The van der Waals surface area contributed by atoms with Crippen LogP contribution in [0.15, 0.2) is 71.5 Å². The fraction of sp³-hybridized carbons (Fsp3) is 0.378. The maximum Gasteiger partial charge on any atom is 0.293 e. The van der Waals surface area contributed by atoms with Gasteiger partial charge in [0.15, 0.2) is 5.65 Å². The summed E-state index contributed by atoms with van der Waals surface area (Å²) in [6, 6.07) is 18.8. The predicted octanol–water partition coefficient (Wildman–Crippen LogP) is 6.36. The van der Waals surface area contributed by atoms with E-state index in [1.165, 1.54) is 5.69 Å². The monoisotopic (exact) mass is 794 g/mol. The molecule has 304 valence electrons. The van der Waals surface area contributed by atoms with Crippen LogP contribution in [0.25, 0.3) is 33.4 Å². The Morgan fingerprint density at radius 3 is 2.39 bits per heavy atom. The SMILES string of the molecule is Cc1cc(-c2[nH]nc3ncc(-c4ccc(N5CCN(CCc6cc(C)c(C7CCC(=O)NC7=O)cn6)CC5)cc4)cc23)ccc1C(C)NC(=O)c1noc(C(C)(C)C)n1. The first kappa shape index (κ1) is 39.5. The molecule has 2 unspecified atom stereocenters. The average molecular weight is 795 g/mol. The molecule has 0 saturated carbocycles. The summed E-state index contributed by atoms with van der Waals surface area (Å²) in [6.07, 6.45) is 5.43. The molecule has 14 nitrogen and oxygen atoms in total. The number of fused-ring (bicyclic) bond motifs is 1. The van der Waals surface area contributed by atoms with Crippen LogP contribution in [0.5, 0.6) is 0 Å². The van der Waals surface area contributed by atoms with Gasteiger partial charge in [-0.05, 0) is 85.3 Å². The number of H-pyrrole nitrogens is 1. The summed E-state index contributed by atoms with van der Waals surface area (Å²) in [5.74, 6) is -0.688. The van der Waals surface area contributed by atoms with Crippen molar-refractivity contribution in [1.29, 1.82) is 0 Å². The molecule has 2 fully saturated rings. The summed E-state index contributed by atoms with van der Waals surface area (Å²) >= 11 is 0. The molecule has 3 amide bonds. The van der Waals surface area contributed by atoms with Crippen LogP contribution < -0.4 is 15.5 Å². The van der Waals surface area contributed by atoms with Crippen LogP contribution in [0, 0.1) is 13.8 Å². The van der Waals surface area contributed by atoms with Crippen LogP contribution in [0.1, 0.15) is 97.0 Å². The smallest absolute Gasteiger partial charge is 0.293 e. The Bertz CT molecular complexity index is 2530. The van der Waals surface area contributed by atoms with Crippen LogP contribution in [0.4, 0.5) is 5.69 Å². The van der Waals surface area contributed by atoms with Crippen molar-refractivity contribution in [2.75, 3.05) is 37.6 Å². The molecule has 3 N–H and O–H groups in total. The maximum atomic E-state index is 12.9. The van der Waals surface area contributed by atoms with Crippen molar-refractivity contribution >= 4 is 34.4 Å². The summed E-state index contributed by atoms with van der Waals surface area (Å²) in [7, 11) is 0. The molecule has 2 aromatic carbocycles. The highest BCUT2D eigenvalue weighted by Gasteiger charge is 2.30. The van der Waals surface area contributed by atoms with E-state index in [1.807, 2.05) is 66.1 Å². The molecule has 2 aliphatic heterocycles.